The van der Waals surface area contributed by atoms with E-state index in [0.29, 0.717) is 12.7 Å². The van der Waals surface area contributed by atoms with Gasteiger partial charge in [0.25, 0.3) is 0 Å². The number of carboxylic acid groups (broad SMARTS) is 2. The second kappa shape index (κ2) is 11.3. The van der Waals surface area contributed by atoms with Gasteiger partial charge < -0.3 is 29.7 Å². The lowest BCUT2D eigenvalue weighted by Crippen LogP contribution is -2.25. The molecule has 0 saturated carbocycles. The van der Waals surface area contributed by atoms with E-state index in [-0.39, 0.29) is 0 Å². The number of hydrogen-bond acceptors (Lipinski definition) is 6. The summed E-state index contributed by atoms with van der Waals surface area (Å²) in [4.78, 5) is 18.2. The first-order valence-electron chi connectivity index (χ1n) is 8.06. The lowest BCUT2D eigenvalue weighted by atomic mass is 10.2. The number of methoxy groups -OCH3 is 1. The molecule has 1 aliphatic rings. The highest BCUT2D eigenvalue weighted by Gasteiger charge is 2.14. The molecular formula is C17H25NO7. The Labute approximate surface area is 146 Å². The second-order valence-corrected chi connectivity index (χ2v) is 5.29. The Morgan fingerprint density at radius 3 is 2.52 bits per heavy atom. The van der Waals surface area contributed by atoms with E-state index in [1.807, 2.05) is 19.1 Å². The van der Waals surface area contributed by atoms with Gasteiger partial charge in [0.1, 0.15) is 0 Å². The molecule has 1 aromatic carbocycles. The summed E-state index contributed by atoms with van der Waals surface area (Å²) in [6, 6.07) is 6.05. The van der Waals surface area contributed by atoms with Crippen molar-refractivity contribution >= 4 is 11.9 Å². The Bertz CT molecular complexity index is 544. The van der Waals surface area contributed by atoms with Gasteiger partial charge in [-0.3, -0.25) is 0 Å². The Morgan fingerprint density at radius 2 is 2.00 bits per heavy atom. The van der Waals surface area contributed by atoms with Crippen molar-refractivity contribution in [1.29, 1.82) is 0 Å². The smallest absolute Gasteiger partial charge is 0.414 e. The van der Waals surface area contributed by atoms with Gasteiger partial charge in [0, 0.05) is 19.7 Å². The van der Waals surface area contributed by atoms with Crippen LogP contribution >= 0.6 is 0 Å². The zero-order valence-corrected chi connectivity index (χ0v) is 14.5. The molecule has 1 aliphatic heterocycles. The van der Waals surface area contributed by atoms with Crippen molar-refractivity contribution in [3.05, 3.63) is 23.8 Å². The van der Waals surface area contributed by atoms with Crippen LogP contribution in [0.1, 0.15) is 25.3 Å². The van der Waals surface area contributed by atoms with Crippen LogP contribution in [-0.2, 0) is 20.9 Å². The van der Waals surface area contributed by atoms with Crippen molar-refractivity contribution in [2.24, 2.45) is 0 Å². The van der Waals surface area contributed by atoms with E-state index in [1.165, 1.54) is 18.4 Å². The Balaban J connectivity index is 0.000000450. The number of carboxylic acids is 2. The van der Waals surface area contributed by atoms with E-state index in [2.05, 4.69) is 11.4 Å². The fourth-order valence-electron chi connectivity index (χ4n) is 2.28. The first kappa shape index (κ1) is 20.7. The van der Waals surface area contributed by atoms with Crippen molar-refractivity contribution in [2.45, 2.75) is 32.4 Å². The number of nitrogens with one attached hydrogen (secondary N) is 1. The van der Waals surface area contributed by atoms with Gasteiger partial charge in [-0.2, -0.15) is 0 Å². The topological polar surface area (TPSA) is 114 Å². The van der Waals surface area contributed by atoms with Crippen LogP contribution in [0.5, 0.6) is 11.5 Å². The van der Waals surface area contributed by atoms with Crippen molar-refractivity contribution < 1.29 is 34.0 Å². The molecule has 1 fully saturated rings. The maximum atomic E-state index is 9.10. The molecule has 1 aromatic rings. The van der Waals surface area contributed by atoms with E-state index in [9.17, 15) is 0 Å². The lowest BCUT2D eigenvalue weighted by molar-refractivity contribution is -0.159. The van der Waals surface area contributed by atoms with Crippen molar-refractivity contribution in [3.8, 4) is 11.5 Å². The SMILES string of the molecule is CCOc1ccc(CNCC2CCCO2)cc1OC.O=C(O)C(=O)O. The van der Waals surface area contributed by atoms with Gasteiger partial charge in [-0.1, -0.05) is 6.07 Å². The number of rotatable bonds is 7. The minimum absolute atomic E-state index is 0.379. The molecule has 8 nitrogen and oxygen atoms in total. The number of benzene rings is 1. The summed E-state index contributed by atoms with van der Waals surface area (Å²) in [5.41, 5.74) is 1.19. The molecule has 0 bridgehead atoms. The van der Waals surface area contributed by atoms with Crippen LogP contribution in [0.3, 0.4) is 0 Å². The molecule has 0 spiro atoms. The van der Waals surface area contributed by atoms with Crippen LogP contribution < -0.4 is 14.8 Å². The van der Waals surface area contributed by atoms with Crippen molar-refractivity contribution in [3.63, 3.8) is 0 Å². The summed E-state index contributed by atoms with van der Waals surface area (Å²) < 4.78 is 16.4. The van der Waals surface area contributed by atoms with Crippen molar-refractivity contribution in [2.75, 3.05) is 26.9 Å². The van der Waals surface area contributed by atoms with Crippen LogP contribution in [0.2, 0.25) is 0 Å². The molecule has 2 rings (SSSR count). The molecule has 0 amide bonds. The monoisotopic (exact) mass is 355 g/mol. The van der Waals surface area contributed by atoms with Gasteiger partial charge in [0.05, 0.1) is 19.8 Å². The highest BCUT2D eigenvalue weighted by atomic mass is 16.5. The number of hydrogen-bond donors (Lipinski definition) is 3. The van der Waals surface area contributed by atoms with E-state index < -0.39 is 11.9 Å². The predicted molar refractivity (Wildman–Crippen MR) is 90.1 cm³/mol. The standard InChI is InChI=1S/C15H23NO3.C2H2O4/c1-3-18-14-7-6-12(9-15(14)17-2)10-16-11-13-5-4-8-19-13;3-1(4)2(5)6/h6-7,9,13,16H,3-5,8,10-11H2,1-2H3;(H,3,4)(H,5,6). The maximum Gasteiger partial charge on any atom is 0.414 e. The number of ether oxygens (including phenoxy) is 3. The van der Waals surface area contributed by atoms with Gasteiger partial charge in [-0.05, 0) is 37.5 Å². The van der Waals surface area contributed by atoms with Crippen LogP contribution in [0.15, 0.2) is 18.2 Å². The van der Waals surface area contributed by atoms with Gasteiger partial charge in [0.15, 0.2) is 11.5 Å². The van der Waals surface area contributed by atoms with E-state index in [1.54, 1.807) is 7.11 Å². The zero-order chi connectivity index (χ0) is 18.7. The summed E-state index contributed by atoms with van der Waals surface area (Å²) in [5.74, 6) is -2.06. The zero-order valence-electron chi connectivity index (χ0n) is 14.5. The molecule has 25 heavy (non-hydrogen) atoms. The van der Waals surface area contributed by atoms with Gasteiger partial charge in [-0.15, -0.1) is 0 Å². The molecule has 3 N–H and O–H groups in total. The van der Waals surface area contributed by atoms with Crippen molar-refractivity contribution in [1.82, 2.24) is 5.32 Å². The molecule has 140 valence electrons. The summed E-state index contributed by atoms with van der Waals surface area (Å²) >= 11 is 0. The molecule has 1 heterocycles. The average molecular weight is 355 g/mol. The largest absolute Gasteiger partial charge is 0.493 e. The molecule has 1 unspecified atom stereocenters. The highest BCUT2D eigenvalue weighted by molar-refractivity contribution is 6.27. The fraction of sp³-hybridized carbons (Fsp3) is 0.529. The fourth-order valence-corrected chi connectivity index (χ4v) is 2.28. The minimum atomic E-state index is -1.82. The molecule has 1 saturated heterocycles. The first-order valence-corrected chi connectivity index (χ1v) is 8.06. The number of carbonyl (C=O) groups is 2. The minimum Gasteiger partial charge on any atom is -0.493 e. The molecule has 0 aliphatic carbocycles. The summed E-state index contributed by atoms with van der Waals surface area (Å²) in [6.07, 6.45) is 2.73. The van der Waals surface area contributed by atoms with Gasteiger partial charge in [-0.25, -0.2) is 9.59 Å². The summed E-state index contributed by atoms with van der Waals surface area (Å²) in [7, 11) is 1.67. The van der Waals surface area contributed by atoms with Crippen LogP contribution in [0, 0.1) is 0 Å². The van der Waals surface area contributed by atoms with Crippen LogP contribution in [-0.4, -0.2) is 55.1 Å². The maximum absolute atomic E-state index is 9.10. The lowest BCUT2D eigenvalue weighted by Gasteiger charge is -2.13. The van der Waals surface area contributed by atoms with Crippen LogP contribution in [0.4, 0.5) is 0 Å². The first-order chi connectivity index (χ1) is 12.0. The third kappa shape index (κ3) is 7.86. The second-order valence-electron chi connectivity index (χ2n) is 5.29. The highest BCUT2D eigenvalue weighted by Crippen LogP contribution is 2.27. The average Bonchev–Trinajstić information content (AvgIpc) is 3.10. The Hall–Kier alpha value is -2.32. The summed E-state index contributed by atoms with van der Waals surface area (Å²) in [6.45, 7) is 5.25. The predicted octanol–water partition coefficient (Wildman–Crippen LogP) is 1.52. The van der Waals surface area contributed by atoms with E-state index >= 15 is 0 Å². The Kier molecular flexibility index (Phi) is 9.34. The van der Waals surface area contributed by atoms with E-state index in [0.717, 1.165) is 31.2 Å². The van der Waals surface area contributed by atoms with Gasteiger partial charge in [0.2, 0.25) is 0 Å². The third-order valence-corrected chi connectivity index (χ3v) is 3.44. The number of aliphatic carboxylic acids is 2. The molecule has 1 atom stereocenters. The normalized spacial score (nSPS) is 15.8. The van der Waals surface area contributed by atoms with Gasteiger partial charge >= 0.3 is 11.9 Å². The molecular weight excluding hydrogens is 330 g/mol. The quantitative estimate of drug-likeness (QED) is 0.631. The summed E-state index contributed by atoms with van der Waals surface area (Å²) in [5, 5.41) is 18.2. The third-order valence-electron chi connectivity index (χ3n) is 3.44. The molecule has 0 aromatic heterocycles. The Morgan fingerprint density at radius 1 is 1.28 bits per heavy atom. The van der Waals surface area contributed by atoms with Crippen LogP contribution in [0.25, 0.3) is 0 Å². The van der Waals surface area contributed by atoms with E-state index in [4.69, 9.17) is 34.0 Å². The molecule has 0 radical (unpaired) electrons. The molecule has 8 heteroatoms.